The van der Waals surface area contributed by atoms with Crippen molar-refractivity contribution in [2.75, 3.05) is 6.54 Å². The lowest BCUT2D eigenvalue weighted by atomic mass is 9.80. The van der Waals surface area contributed by atoms with E-state index in [0.29, 0.717) is 12.5 Å². The standard InChI is InChI=1S/C18H31NO/c1-6-13-8-9-15(18(3,4)5)11-17(13)14(7-2)10-16(20)12-19/h8-9,11,14,16,20H,6-7,10,12,19H2,1-5H3. The third-order valence-corrected chi connectivity index (χ3v) is 4.15. The summed E-state index contributed by atoms with van der Waals surface area (Å²) in [5, 5.41) is 9.89. The molecule has 0 bridgehead atoms. The highest BCUT2D eigenvalue weighted by atomic mass is 16.3. The SMILES string of the molecule is CCc1ccc(C(C)(C)C)cc1C(CC)CC(O)CN. The average Bonchev–Trinajstić information content (AvgIpc) is 2.42. The molecule has 1 aromatic carbocycles. The minimum absolute atomic E-state index is 0.159. The lowest BCUT2D eigenvalue weighted by molar-refractivity contribution is 0.162. The van der Waals surface area contributed by atoms with Crippen molar-refractivity contribution in [2.24, 2.45) is 5.73 Å². The van der Waals surface area contributed by atoms with Crippen molar-refractivity contribution in [3.63, 3.8) is 0 Å². The van der Waals surface area contributed by atoms with Crippen molar-refractivity contribution in [1.82, 2.24) is 0 Å². The summed E-state index contributed by atoms with van der Waals surface area (Å²) in [7, 11) is 0. The van der Waals surface area contributed by atoms with Crippen molar-refractivity contribution in [3.8, 4) is 0 Å². The van der Waals surface area contributed by atoms with Gasteiger partial charge in [0.15, 0.2) is 0 Å². The van der Waals surface area contributed by atoms with E-state index in [4.69, 9.17) is 5.73 Å². The van der Waals surface area contributed by atoms with E-state index in [1.54, 1.807) is 0 Å². The van der Waals surface area contributed by atoms with E-state index >= 15 is 0 Å². The fourth-order valence-electron chi connectivity index (χ4n) is 2.70. The van der Waals surface area contributed by atoms with Gasteiger partial charge < -0.3 is 10.8 Å². The zero-order valence-electron chi connectivity index (χ0n) is 13.7. The molecule has 0 saturated heterocycles. The molecule has 0 spiro atoms. The van der Waals surface area contributed by atoms with Crippen molar-refractivity contribution in [3.05, 3.63) is 34.9 Å². The Labute approximate surface area is 124 Å². The molecule has 0 fully saturated rings. The average molecular weight is 277 g/mol. The predicted octanol–water partition coefficient (Wildman–Crippen LogP) is 3.75. The third-order valence-electron chi connectivity index (χ3n) is 4.15. The van der Waals surface area contributed by atoms with Crippen LogP contribution in [0.15, 0.2) is 18.2 Å². The van der Waals surface area contributed by atoms with Crippen LogP contribution in [0.2, 0.25) is 0 Å². The highest BCUT2D eigenvalue weighted by molar-refractivity contribution is 5.37. The van der Waals surface area contributed by atoms with Gasteiger partial charge in [-0.2, -0.15) is 0 Å². The maximum atomic E-state index is 9.89. The van der Waals surface area contributed by atoms with E-state index in [1.807, 2.05) is 0 Å². The second-order valence-corrected chi connectivity index (χ2v) is 6.75. The summed E-state index contributed by atoms with van der Waals surface area (Å²) in [6, 6.07) is 6.85. The molecule has 3 N–H and O–H groups in total. The molecule has 2 atom stereocenters. The van der Waals surface area contributed by atoms with Crippen LogP contribution in [0.3, 0.4) is 0 Å². The molecule has 0 heterocycles. The Kier molecular flexibility index (Phi) is 6.22. The number of hydrogen-bond donors (Lipinski definition) is 2. The molecule has 2 nitrogen and oxygen atoms in total. The number of nitrogens with two attached hydrogens (primary N) is 1. The van der Waals surface area contributed by atoms with Gasteiger partial charge in [0.2, 0.25) is 0 Å². The minimum atomic E-state index is -0.400. The van der Waals surface area contributed by atoms with Crippen LogP contribution >= 0.6 is 0 Å². The first-order valence-electron chi connectivity index (χ1n) is 7.84. The highest BCUT2D eigenvalue weighted by Crippen LogP contribution is 2.32. The van der Waals surface area contributed by atoms with Gasteiger partial charge in [-0.05, 0) is 47.3 Å². The lowest BCUT2D eigenvalue weighted by Gasteiger charge is -2.25. The van der Waals surface area contributed by atoms with Gasteiger partial charge in [0.1, 0.15) is 0 Å². The van der Waals surface area contributed by atoms with Gasteiger partial charge in [0, 0.05) is 6.54 Å². The number of benzene rings is 1. The van der Waals surface area contributed by atoms with Gasteiger partial charge in [-0.3, -0.25) is 0 Å². The Hall–Kier alpha value is -0.860. The molecule has 0 aromatic heterocycles. The Bertz CT molecular complexity index is 420. The van der Waals surface area contributed by atoms with Gasteiger partial charge in [0.25, 0.3) is 0 Å². The van der Waals surface area contributed by atoms with Crippen LogP contribution in [0.25, 0.3) is 0 Å². The zero-order valence-corrected chi connectivity index (χ0v) is 13.7. The second-order valence-electron chi connectivity index (χ2n) is 6.75. The third kappa shape index (κ3) is 4.32. The summed E-state index contributed by atoms with van der Waals surface area (Å²) in [5.41, 5.74) is 9.89. The first-order chi connectivity index (χ1) is 9.33. The van der Waals surface area contributed by atoms with E-state index in [1.165, 1.54) is 16.7 Å². The van der Waals surface area contributed by atoms with E-state index in [-0.39, 0.29) is 5.41 Å². The van der Waals surface area contributed by atoms with Crippen LogP contribution in [-0.2, 0) is 11.8 Å². The van der Waals surface area contributed by atoms with E-state index < -0.39 is 6.10 Å². The highest BCUT2D eigenvalue weighted by Gasteiger charge is 2.20. The second kappa shape index (κ2) is 7.24. The maximum Gasteiger partial charge on any atom is 0.0668 e. The van der Waals surface area contributed by atoms with Crippen LogP contribution < -0.4 is 5.73 Å². The molecule has 0 amide bonds. The van der Waals surface area contributed by atoms with Gasteiger partial charge in [-0.25, -0.2) is 0 Å². The molecule has 1 aromatic rings. The van der Waals surface area contributed by atoms with Crippen molar-refractivity contribution in [1.29, 1.82) is 0 Å². The van der Waals surface area contributed by atoms with Crippen LogP contribution in [0.1, 0.15) is 70.1 Å². The fourth-order valence-corrected chi connectivity index (χ4v) is 2.70. The molecule has 0 saturated carbocycles. The fraction of sp³-hybridized carbons (Fsp3) is 0.667. The molecule has 20 heavy (non-hydrogen) atoms. The lowest BCUT2D eigenvalue weighted by Crippen LogP contribution is -2.23. The van der Waals surface area contributed by atoms with E-state index in [9.17, 15) is 5.11 Å². The molecule has 0 aliphatic heterocycles. The Balaban J connectivity index is 3.17. The Morgan fingerprint density at radius 2 is 1.85 bits per heavy atom. The quantitative estimate of drug-likeness (QED) is 0.832. The summed E-state index contributed by atoms with van der Waals surface area (Å²) >= 11 is 0. The zero-order chi connectivity index (χ0) is 15.3. The monoisotopic (exact) mass is 277 g/mol. The molecular formula is C18H31NO. The topological polar surface area (TPSA) is 46.2 Å². The minimum Gasteiger partial charge on any atom is -0.392 e. The smallest absolute Gasteiger partial charge is 0.0668 e. The van der Waals surface area contributed by atoms with Gasteiger partial charge >= 0.3 is 0 Å². The summed E-state index contributed by atoms with van der Waals surface area (Å²) in [6.07, 6.45) is 2.43. The normalized spacial score (nSPS) is 15.2. The summed E-state index contributed by atoms with van der Waals surface area (Å²) in [4.78, 5) is 0. The molecule has 2 unspecified atom stereocenters. The summed E-state index contributed by atoms with van der Waals surface area (Å²) < 4.78 is 0. The van der Waals surface area contributed by atoms with Crippen LogP contribution in [0.5, 0.6) is 0 Å². The van der Waals surface area contributed by atoms with E-state index in [2.05, 4.69) is 52.8 Å². The number of rotatable bonds is 6. The first-order valence-corrected chi connectivity index (χ1v) is 7.84. The summed E-state index contributed by atoms with van der Waals surface area (Å²) in [6.45, 7) is 11.5. The van der Waals surface area contributed by atoms with E-state index in [0.717, 1.165) is 19.3 Å². The molecular weight excluding hydrogens is 246 g/mol. The number of aliphatic hydroxyl groups excluding tert-OH is 1. The molecule has 0 radical (unpaired) electrons. The van der Waals surface area contributed by atoms with Gasteiger partial charge in [-0.1, -0.05) is 52.8 Å². The Morgan fingerprint density at radius 3 is 2.30 bits per heavy atom. The molecule has 0 aliphatic rings. The number of aliphatic hydroxyl groups is 1. The molecule has 2 heteroatoms. The van der Waals surface area contributed by atoms with Crippen molar-refractivity contribution >= 4 is 0 Å². The van der Waals surface area contributed by atoms with Crippen LogP contribution in [0.4, 0.5) is 0 Å². The number of aryl methyl sites for hydroxylation is 1. The van der Waals surface area contributed by atoms with Crippen molar-refractivity contribution in [2.45, 2.75) is 71.3 Å². The van der Waals surface area contributed by atoms with Gasteiger partial charge in [0.05, 0.1) is 6.10 Å². The molecule has 114 valence electrons. The molecule has 1 rings (SSSR count). The largest absolute Gasteiger partial charge is 0.392 e. The summed E-state index contributed by atoms with van der Waals surface area (Å²) in [5.74, 6) is 0.394. The first kappa shape index (κ1) is 17.2. The Morgan fingerprint density at radius 1 is 1.20 bits per heavy atom. The predicted molar refractivity (Wildman–Crippen MR) is 87.2 cm³/mol. The van der Waals surface area contributed by atoms with Crippen LogP contribution in [0, 0.1) is 0 Å². The van der Waals surface area contributed by atoms with Crippen molar-refractivity contribution < 1.29 is 5.11 Å². The van der Waals surface area contributed by atoms with Gasteiger partial charge in [-0.15, -0.1) is 0 Å². The van der Waals surface area contributed by atoms with Crippen LogP contribution in [-0.4, -0.2) is 17.8 Å². The number of hydrogen-bond acceptors (Lipinski definition) is 2. The maximum absolute atomic E-state index is 9.89. The molecule has 0 aliphatic carbocycles.